The number of nitrogens with zero attached hydrogens (tertiary/aromatic N) is 2. The minimum absolute atomic E-state index is 0.220. The highest BCUT2D eigenvalue weighted by molar-refractivity contribution is 5.84. The van der Waals surface area contributed by atoms with Crippen LogP contribution in [0.4, 0.5) is 15.9 Å². The van der Waals surface area contributed by atoms with Gasteiger partial charge in [0.05, 0.1) is 6.20 Å². The third-order valence-electron chi connectivity index (χ3n) is 3.37. The maximum atomic E-state index is 13.5. The van der Waals surface area contributed by atoms with Crippen LogP contribution in [0.25, 0.3) is 11.1 Å². The first-order chi connectivity index (χ1) is 8.75. The molecule has 0 unspecified atom stereocenters. The van der Waals surface area contributed by atoms with Crippen molar-refractivity contribution in [1.82, 2.24) is 10.2 Å². The first-order valence-corrected chi connectivity index (χ1v) is 6.09. The fraction of sp³-hybridized carbons (Fsp3) is 0.308. The second-order valence-electron chi connectivity index (χ2n) is 4.55. The topological polar surface area (TPSA) is 57.9 Å². The Morgan fingerprint density at radius 1 is 1.22 bits per heavy atom. The largest absolute Gasteiger partial charge is 0.384 e. The number of nitrogens with one attached hydrogen (secondary N) is 1. The van der Waals surface area contributed by atoms with E-state index in [2.05, 4.69) is 15.1 Å². The monoisotopic (exact) mass is 246 g/mol. The number of nitrogens with two attached hydrogens (primary N) is 1. The molecule has 5 heteroatoms. The zero-order valence-corrected chi connectivity index (χ0v) is 9.99. The Hall–Kier alpha value is -2.04. The molecule has 94 valence electrons. The second-order valence-corrected chi connectivity index (χ2v) is 4.55. The molecule has 1 aliphatic heterocycles. The lowest BCUT2D eigenvalue weighted by molar-refractivity contribution is 0.627. The van der Waals surface area contributed by atoms with Crippen LogP contribution in [0, 0.1) is 5.82 Å². The highest BCUT2D eigenvalue weighted by Crippen LogP contribution is 2.35. The zero-order valence-electron chi connectivity index (χ0n) is 9.99. The predicted octanol–water partition coefficient (Wildman–Crippen LogP) is 2.40. The van der Waals surface area contributed by atoms with Crippen LogP contribution in [-0.2, 0) is 0 Å². The number of nitrogen functional groups attached to an aromatic ring is 1. The average Bonchev–Trinajstić information content (AvgIpc) is 3.00. The Morgan fingerprint density at radius 3 is 2.67 bits per heavy atom. The quantitative estimate of drug-likeness (QED) is 0.855. The van der Waals surface area contributed by atoms with Crippen LogP contribution in [0.15, 0.2) is 24.4 Å². The van der Waals surface area contributed by atoms with Crippen molar-refractivity contribution in [3.05, 3.63) is 30.2 Å². The highest BCUT2D eigenvalue weighted by Gasteiger charge is 2.19. The number of rotatable bonds is 2. The lowest BCUT2D eigenvalue weighted by Gasteiger charge is -2.21. The SMILES string of the molecule is Nc1[nH]ncc1-c1ccc(F)cc1N1CCCC1. The molecule has 0 amide bonds. The summed E-state index contributed by atoms with van der Waals surface area (Å²) in [6, 6.07) is 4.80. The van der Waals surface area contributed by atoms with Crippen molar-refractivity contribution in [3.8, 4) is 11.1 Å². The summed E-state index contributed by atoms with van der Waals surface area (Å²) >= 11 is 0. The molecule has 2 aromatic rings. The molecule has 1 fully saturated rings. The molecule has 4 nitrogen and oxygen atoms in total. The fourth-order valence-corrected chi connectivity index (χ4v) is 2.46. The van der Waals surface area contributed by atoms with Crippen molar-refractivity contribution in [2.75, 3.05) is 23.7 Å². The van der Waals surface area contributed by atoms with Crippen molar-refractivity contribution in [2.24, 2.45) is 0 Å². The van der Waals surface area contributed by atoms with Gasteiger partial charge in [-0.2, -0.15) is 5.10 Å². The molecule has 1 aromatic carbocycles. The maximum Gasteiger partial charge on any atom is 0.126 e. The van der Waals surface area contributed by atoms with E-state index in [1.165, 1.54) is 6.07 Å². The minimum Gasteiger partial charge on any atom is -0.384 e. The van der Waals surface area contributed by atoms with Gasteiger partial charge in [-0.15, -0.1) is 0 Å². The Kier molecular flexibility index (Phi) is 2.66. The molecule has 2 heterocycles. The molecule has 0 atom stereocenters. The number of hydrogen-bond donors (Lipinski definition) is 2. The molecular weight excluding hydrogens is 231 g/mol. The molecule has 0 aliphatic carbocycles. The first kappa shape index (κ1) is 11.1. The van der Waals surface area contributed by atoms with E-state index in [0.29, 0.717) is 5.82 Å². The molecule has 1 saturated heterocycles. The van der Waals surface area contributed by atoms with E-state index in [1.807, 2.05) is 0 Å². The maximum absolute atomic E-state index is 13.5. The highest BCUT2D eigenvalue weighted by atomic mass is 19.1. The number of aromatic nitrogens is 2. The van der Waals surface area contributed by atoms with Crippen LogP contribution in [0.3, 0.4) is 0 Å². The molecule has 3 N–H and O–H groups in total. The van der Waals surface area contributed by atoms with Crippen molar-refractivity contribution < 1.29 is 4.39 Å². The molecular formula is C13H15FN4. The van der Waals surface area contributed by atoms with Gasteiger partial charge in [0.15, 0.2) is 0 Å². The third kappa shape index (κ3) is 1.81. The molecule has 0 bridgehead atoms. The lowest BCUT2D eigenvalue weighted by atomic mass is 10.1. The number of halogens is 1. The van der Waals surface area contributed by atoms with Crippen LogP contribution in [-0.4, -0.2) is 23.3 Å². The smallest absolute Gasteiger partial charge is 0.126 e. The van der Waals surface area contributed by atoms with Gasteiger partial charge < -0.3 is 10.6 Å². The van der Waals surface area contributed by atoms with Gasteiger partial charge in [-0.05, 0) is 31.0 Å². The van der Waals surface area contributed by atoms with E-state index in [1.54, 1.807) is 18.3 Å². The fourth-order valence-electron chi connectivity index (χ4n) is 2.46. The standard InChI is InChI=1S/C13H15FN4/c14-9-3-4-10(11-8-16-17-13(11)15)12(7-9)18-5-1-2-6-18/h3-4,7-8H,1-2,5-6H2,(H3,15,16,17). The summed E-state index contributed by atoms with van der Waals surface area (Å²) in [5, 5.41) is 6.64. The summed E-state index contributed by atoms with van der Waals surface area (Å²) in [6.07, 6.45) is 3.98. The van der Waals surface area contributed by atoms with Crippen molar-refractivity contribution in [1.29, 1.82) is 0 Å². The molecule has 3 rings (SSSR count). The molecule has 1 aliphatic rings. The summed E-state index contributed by atoms with van der Waals surface area (Å²) in [7, 11) is 0. The Morgan fingerprint density at radius 2 is 2.00 bits per heavy atom. The van der Waals surface area contributed by atoms with Gasteiger partial charge in [0.2, 0.25) is 0 Å². The number of hydrogen-bond acceptors (Lipinski definition) is 3. The molecule has 0 radical (unpaired) electrons. The van der Waals surface area contributed by atoms with Gasteiger partial charge in [-0.25, -0.2) is 4.39 Å². The van der Waals surface area contributed by atoms with Crippen LogP contribution in [0.1, 0.15) is 12.8 Å². The number of anilines is 2. The van der Waals surface area contributed by atoms with E-state index in [0.717, 1.165) is 42.7 Å². The summed E-state index contributed by atoms with van der Waals surface area (Å²) in [5.74, 6) is 0.296. The van der Waals surface area contributed by atoms with E-state index < -0.39 is 0 Å². The van der Waals surface area contributed by atoms with Crippen molar-refractivity contribution in [2.45, 2.75) is 12.8 Å². The molecule has 0 spiro atoms. The normalized spacial score (nSPS) is 15.3. The Bertz CT molecular complexity index is 558. The van der Waals surface area contributed by atoms with Crippen LogP contribution in [0.5, 0.6) is 0 Å². The van der Waals surface area contributed by atoms with Gasteiger partial charge >= 0.3 is 0 Å². The number of H-pyrrole nitrogens is 1. The van der Waals surface area contributed by atoms with Crippen LogP contribution < -0.4 is 10.6 Å². The van der Waals surface area contributed by atoms with E-state index in [9.17, 15) is 4.39 Å². The Balaban J connectivity index is 2.11. The zero-order chi connectivity index (χ0) is 12.5. The molecule has 18 heavy (non-hydrogen) atoms. The van der Waals surface area contributed by atoms with Crippen LogP contribution in [0.2, 0.25) is 0 Å². The van der Waals surface area contributed by atoms with Gasteiger partial charge in [-0.1, -0.05) is 0 Å². The van der Waals surface area contributed by atoms with Gasteiger partial charge in [0.1, 0.15) is 11.6 Å². The predicted molar refractivity (Wildman–Crippen MR) is 69.8 cm³/mol. The van der Waals surface area contributed by atoms with Crippen LogP contribution >= 0.6 is 0 Å². The van der Waals surface area contributed by atoms with Crippen molar-refractivity contribution in [3.63, 3.8) is 0 Å². The van der Waals surface area contributed by atoms with E-state index in [4.69, 9.17) is 5.73 Å². The second kappa shape index (κ2) is 4.33. The average molecular weight is 246 g/mol. The summed E-state index contributed by atoms with van der Waals surface area (Å²) in [5.41, 5.74) is 8.52. The summed E-state index contributed by atoms with van der Waals surface area (Å²) in [4.78, 5) is 2.20. The van der Waals surface area contributed by atoms with Gasteiger partial charge in [-0.3, -0.25) is 5.10 Å². The third-order valence-corrected chi connectivity index (χ3v) is 3.37. The number of benzene rings is 1. The lowest BCUT2D eigenvalue weighted by Crippen LogP contribution is -2.18. The Labute approximate surface area is 105 Å². The summed E-state index contributed by atoms with van der Waals surface area (Å²) < 4.78 is 13.5. The van der Waals surface area contributed by atoms with Gasteiger partial charge in [0, 0.05) is 29.9 Å². The number of aromatic amines is 1. The van der Waals surface area contributed by atoms with E-state index in [-0.39, 0.29) is 5.82 Å². The first-order valence-electron chi connectivity index (χ1n) is 6.09. The molecule has 0 saturated carbocycles. The van der Waals surface area contributed by atoms with Crippen molar-refractivity contribution >= 4 is 11.5 Å². The van der Waals surface area contributed by atoms with E-state index >= 15 is 0 Å². The molecule has 1 aromatic heterocycles. The summed E-state index contributed by atoms with van der Waals surface area (Å²) in [6.45, 7) is 1.93. The van der Waals surface area contributed by atoms with Gasteiger partial charge in [0.25, 0.3) is 0 Å². The minimum atomic E-state index is -0.220.